The maximum atomic E-state index is 14.9. The number of Topliss-reactive ketones (excluding diaryl/α,β-unsaturated/α-hetero) is 1. The van der Waals surface area contributed by atoms with Crippen molar-refractivity contribution in [1.29, 1.82) is 0 Å². The lowest BCUT2D eigenvalue weighted by Crippen LogP contribution is -2.57. The van der Waals surface area contributed by atoms with Gasteiger partial charge in [0, 0.05) is 22.6 Å². The summed E-state index contributed by atoms with van der Waals surface area (Å²) in [4.78, 5) is 29.6. The standard InChI is InChI=1S/C34H32O4/c35-31-25-8-2-1-7-24(25)13-14-34(31,32(36)38-33-18-21-15-22(19-33)17-23(16-21)20-33)30-26-9-3-5-11-28(26)37-29-12-6-4-10-27(29)30/h1-12,21-23,30H,13-20H2/t21?,22?,23?,33?,34-/m1/s1. The molecule has 1 atom stereocenters. The zero-order chi connectivity index (χ0) is 25.5. The molecule has 3 aromatic carbocycles. The van der Waals surface area contributed by atoms with Gasteiger partial charge in [-0.2, -0.15) is 0 Å². The third-order valence-electron chi connectivity index (χ3n) is 10.3. The summed E-state index contributed by atoms with van der Waals surface area (Å²) in [6.45, 7) is 0. The Morgan fingerprint density at radius 3 is 1.95 bits per heavy atom. The first-order valence-corrected chi connectivity index (χ1v) is 14.3. The Balaban J connectivity index is 1.30. The SMILES string of the molecule is O=C(OC12CC3CC(CC(C3)C1)C2)[C@@]1(C2c3ccccc3Oc3ccccc32)CCc2ccccc2C1=O. The predicted molar refractivity (Wildman–Crippen MR) is 143 cm³/mol. The molecule has 1 aliphatic heterocycles. The normalized spacial score (nSPS) is 32.6. The number of fused-ring (bicyclic) bond motifs is 3. The van der Waals surface area contributed by atoms with Crippen molar-refractivity contribution in [2.45, 2.75) is 62.9 Å². The van der Waals surface area contributed by atoms with Crippen LogP contribution in [-0.4, -0.2) is 17.4 Å². The van der Waals surface area contributed by atoms with Crippen molar-refractivity contribution >= 4 is 11.8 Å². The first-order chi connectivity index (χ1) is 18.5. The highest BCUT2D eigenvalue weighted by molar-refractivity contribution is 6.15. The Hall–Kier alpha value is -3.40. The van der Waals surface area contributed by atoms with E-state index in [1.54, 1.807) is 0 Å². The van der Waals surface area contributed by atoms with Gasteiger partial charge in [0.15, 0.2) is 5.78 Å². The number of benzene rings is 3. The molecule has 0 amide bonds. The van der Waals surface area contributed by atoms with Crippen molar-refractivity contribution in [3.8, 4) is 11.5 Å². The topological polar surface area (TPSA) is 52.6 Å². The van der Waals surface area contributed by atoms with Gasteiger partial charge in [0.2, 0.25) is 0 Å². The Kier molecular flexibility index (Phi) is 4.78. The highest BCUT2D eigenvalue weighted by atomic mass is 16.6. The molecular formula is C34H32O4. The van der Waals surface area contributed by atoms with E-state index < -0.39 is 16.9 Å². The van der Waals surface area contributed by atoms with Gasteiger partial charge in [-0.05, 0) is 86.8 Å². The van der Waals surface area contributed by atoms with Crippen molar-refractivity contribution in [3.63, 3.8) is 0 Å². The van der Waals surface area contributed by atoms with Crippen LogP contribution in [0, 0.1) is 23.2 Å². The van der Waals surface area contributed by atoms with Gasteiger partial charge in [0.1, 0.15) is 22.5 Å². The molecule has 0 aromatic heterocycles. The van der Waals surface area contributed by atoms with Crippen LogP contribution in [-0.2, 0) is 16.0 Å². The summed E-state index contributed by atoms with van der Waals surface area (Å²) < 4.78 is 13.1. The zero-order valence-electron chi connectivity index (χ0n) is 21.5. The molecule has 0 radical (unpaired) electrons. The van der Waals surface area contributed by atoms with Gasteiger partial charge in [-0.15, -0.1) is 0 Å². The number of esters is 1. The van der Waals surface area contributed by atoms with E-state index in [0.29, 0.717) is 47.7 Å². The molecular weight excluding hydrogens is 472 g/mol. The van der Waals surface area contributed by atoms with E-state index in [0.717, 1.165) is 36.0 Å². The summed E-state index contributed by atoms with van der Waals surface area (Å²) in [7, 11) is 0. The number of hydrogen-bond acceptors (Lipinski definition) is 4. The minimum Gasteiger partial charge on any atom is -0.458 e. The zero-order valence-corrected chi connectivity index (χ0v) is 21.5. The van der Waals surface area contributed by atoms with E-state index in [2.05, 4.69) is 0 Å². The molecule has 0 N–H and O–H groups in total. The van der Waals surface area contributed by atoms with Gasteiger partial charge in [-0.25, -0.2) is 0 Å². The van der Waals surface area contributed by atoms with Crippen LogP contribution < -0.4 is 4.74 Å². The maximum Gasteiger partial charge on any atom is 0.321 e. The molecule has 9 rings (SSSR count). The molecule has 38 heavy (non-hydrogen) atoms. The number of para-hydroxylation sites is 2. The average Bonchev–Trinajstić information content (AvgIpc) is 2.91. The van der Waals surface area contributed by atoms with E-state index in [1.807, 2.05) is 72.8 Å². The fourth-order valence-electron chi connectivity index (χ4n) is 9.12. The number of rotatable bonds is 3. The Morgan fingerprint density at radius 2 is 1.32 bits per heavy atom. The van der Waals surface area contributed by atoms with Crippen molar-refractivity contribution in [1.82, 2.24) is 0 Å². The molecule has 3 aromatic rings. The van der Waals surface area contributed by atoms with Crippen LogP contribution in [0.2, 0.25) is 0 Å². The summed E-state index contributed by atoms with van der Waals surface area (Å²) in [5.41, 5.74) is 1.70. The minimum absolute atomic E-state index is 0.106. The van der Waals surface area contributed by atoms with Crippen molar-refractivity contribution in [3.05, 3.63) is 95.1 Å². The lowest BCUT2D eigenvalue weighted by molar-refractivity contribution is -0.195. The number of carbonyl (C=O) groups is 2. The van der Waals surface area contributed by atoms with Crippen molar-refractivity contribution in [2.24, 2.45) is 23.2 Å². The summed E-state index contributed by atoms with van der Waals surface area (Å²) in [5.74, 6) is 2.48. The molecule has 1 heterocycles. The van der Waals surface area contributed by atoms with Crippen LogP contribution in [0.15, 0.2) is 72.8 Å². The Morgan fingerprint density at radius 1 is 0.763 bits per heavy atom. The van der Waals surface area contributed by atoms with Gasteiger partial charge in [0.05, 0.1) is 0 Å². The van der Waals surface area contributed by atoms with Crippen LogP contribution in [0.1, 0.15) is 77.9 Å². The van der Waals surface area contributed by atoms with E-state index in [4.69, 9.17) is 9.47 Å². The maximum absolute atomic E-state index is 14.9. The third kappa shape index (κ3) is 3.15. The van der Waals surface area contributed by atoms with Crippen LogP contribution >= 0.6 is 0 Å². The Bertz CT molecular complexity index is 1390. The van der Waals surface area contributed by atoms with E-state index in [-0.39, 0.29) is 11.8 Å². The number of ether oxygens (including phenoxy) is 2. The molecule has 0 saturated heterocycles. The highest BCUT2D eigenvalue weighted by Crippen LogP contribution is 2.60. The lowest BCUT2D eigenvalue weighted by Gasteiger charge is -2.56. The third-order valence-corrected chi connectivity index (χ3v) is 10.3. The van der Waals surface area contributed by atoms with Crippen molar-refractivity contribution in [2.75, 3.05) is 0 Å². The second-order valence-corrected chi connectivity index (χ2v) is 12.6. The summed E-state index contributed by atoms with van der Waals surface area (Å²) >= 11 is 0. The summed E-state index contributed by atoms with van der Waals surface area (Å²) in [6, 6.07) is 23.6. The number of ketones is 1. The second kappa shape index (κ2) is 8.05. The molecule has 4 saturated carbocycles. The highest BCUT2D eigenvalue weighted by Gasteiger charge is 2.61. The van der Waals surface area contributed by atoms with Crippen LogP contribution in [0.4, 0.5) is 0 Å². The van der Waals surface area contributed by atoms with E-state index in [1.165, 1.54) is 19.3 Å². The van der Waals surface area contributed by atoms with E-state index >= 15 is 0 Å². The predicted octanol–water partition coefficient (Wildman–Crippen LogP) is 7.25. The lowest BCUT2D eigenvalue weighted by atomic mass is 9.54. The molecule has 0 spiro atoms. The number of hydrogen-bond donors (Lipinski definition) is 0. The van der Waals surface area contributed by atoms with Gasteiger partial charge < -0.3 is 9.47 Å². The van der Waals surface area contributed by atoms with Gasteiger partial charge >= 0.3 is 5.97 Å². The molecule has 4 nitrogen and oxygen atoms in total. The van der Waals surface area contributed by atoms with Crippen LogP contribution in [0.5, 0.6) is 11.5 Å². The first-order valence-electron chi connectivity index (χ1n) is 14.3. The molecule has 6 aliphatic rings. The molecule has 4 bridgehead atoms. The van der Waals surface area contributed by atoms with Gasteiger partial charge in [-0.1, -0.05) is 60.7 Å². The summed E-state index contributed by atoms with van der Waals surface area (Å²) in [6.07, 6.45) is 7.77. The number of aryl methyl sites for hydroxylation is 1. The fourth-order valence-corrected chi connectivity index (χ4v) is 9.12. The average molecular weight is 505 g/mol. The second-order valence-electron chi connectivity index (χ2n) is 12.6. The number of carbonyl (C=O) groups excluding carboxylic acids is 2. The van der Waals surface area contributed by atoms with Crippen LogP contribution in [0.3, 0.4) is 0 Å². The Labute approximate surface area is 223 Å². The first kappa shape index (κ1) is 22.6. The molecule has 4 fully saturated rings. The van der Waals surface area contributed by atoms with Crippen molar-refractivity contribution < 1.29 is 19.1 Å². The molecule has 5 aliphatic carbocycles. The van der Waals surface area contributed by atoms with Gasteiger partial charge in [-0.3, -0.25) is 9.59 Å². The van der Waals surface area contributed by atoms with Gasteiger partial charge in [0.25, 0.3) is 0 Å². The molecule has 0 unspecified atom stereocenters. The smallest absolute Gasteiger partial charge is 0.321 e. The minimum atomic E-state index is -1.34. The van der Waals surface area contributed by atoms with E-state index in [9.17, 15) is 9.59 Å². The fraction of sp³-hybridized carbons (Fsp3) is 0.412. The largest absolute Gasteiger partial charge is 0.458 e. The quantitative estimate of drug-likeness (QED) is 0.278. The summed E-state index contributed by atoms with van der Waals surface area (Å²) in [5, 5.41) is 0. The molecule has 192 valence electrons. The van der Waals surface area contributed by atoms with Crippen LogP contribution in [0.25, 0.3) is 0 Å². The monoisotopic (exact) mass is 504 g/mol. The molecule has 4 heteroatoms.